The summed E-state index contributed by atoms with van der Waals surface area (Å²) in [6.07, 6.45) is 0. The number of nitrogens with one attached hydrogen (secondary N) is 1. The van der Waals surface area contributed by atoms with E-state index in [9.17, 15) is 4.79 Å². The number of rotatable bonds is 8. The molecule has 3 rings (SSSR count). The maximum absolute atomic E-state index is 12.6. The summed E-state index contributed by atoms with van der Waals surface area (Å²) in [6, 6.07) is 22.3. The number of aryl methyl sites for hydroxylation is 1. The van der Waals surface area contributed by atoms with Gasteiger partial charge in [0.1, 0.15) is 24.7 Å². The fourth-order valence-corrected chi connectivity index (χ4v) is 2.98. The van der Waals surface area contributed by atoms with Crippen LogP contribution in [0.1, 0.15) is 28.4 Å². The van der Waals surface area contributed by atoms with Crippen LogP contribution in [0.25, 0.3) is 0 Å². The number of carbonyl (C=O) groups excluding carboxylic acids is 1. The highest BCUT2D eigenvalue weighted by Gasteiger charge is 2.12. The summed E-state index contributed by atoms with van der Waals surface area (Å²) in [4.78, 5) is 12.6. The predicted molar refractivity (Wildman–Crippen MR) is 116 cm³/mol. The summed E-state index contributed by atoms with van der Waals surface area (Å²) in [5, 5.41) is 3.61. The summed E-state index contributed by atoms with van der Waals surface area (Å²) >= 11 is 6.16. The molecular formula is C24H24ClNO3. The van der Waals surface area contributed by atoms with Gasteiger partial charge in [-0.15, -0.1) is 0 Å². The van der Waals surface area contributed by atoms with E-state index in [0.717, 1.165) is 16.9 Å². The van der Waals surface area contributed by atoms with Crippen molar-refractivity contribution in [3.63, 3.8) is 0 Å². The molecule has 0 spiro atoms. The van der Waals surface area contributed by atoms with Crippen LogP contribution in [0.4, 0.5) is 0 Å². The minimum atomic E-state index is -0.172. The van der Waals surface area contributed by atoms with Gasteiger partial charge in [-0.05, 0) is 49.7 Å². The second kappa shape index (κ2) is 9.99. The van der Waals surface area contributed by atoms with Crippen LogP contribution >= 0.6 is 11.6 Å². The van der Waals surface area contributed by atoms with Gasteiger partial charge in [0.25, 0.3) is 5.91 Å². The molecular weight excluding hydrogens is 386 g/mol. The van der Waals surface area contributed by atoms with Crippen molar-refractivity contribution in [1.82, 2.24) is 5.32 Å². The van der Waals surface area contributed by atoms with Crippen LogP contribution in [-0.4, -0.2) is 18.6 Å². The van der Waals surface area contributed by atoms with Crippen LogP contribution in [0.2, 0.25) is 5.02 Å². The van der Waals surface area contributed by atoms with Crippen molar-refractivity contribution >= 4 is 17.5 Å². The SMILES string of the molecule is Cc1ccccc1OCC(C)NC(=O)c1cccc(OCc2ccccc2Cl)c1. The molecule has 1 atom stereocenters. The Morgan fingerprint density at radius 3 is 2.55 bits per heavy atom. The highest BCUT2D eigenvalue weighted by molar-refractivity contribution is 6.31. The van der Waals surface area contributed by atoms with Crippen molar-refractivity contribution in [3.05, 3.63) is 94.5 Å². The Bertz CT molecular complexity index is 974. The molecule has 29 heavy (non-hydrogen) atoms. The topological polar surface area (TPSA) is 47.6 Å². The largest absolute Gasteiger partial charge is 0.491 e. The second-order valence-electron chi connectivity index (χ2n) is 6.86. The zero-order valence-corrected chi connectivity index (χ0v) is 17.3. The monoisotopic (exact) mass is 409 g/mol. The van der Waals surface area contributed by atoms with Crippen molar-refractivity contribution in [2.45, 2.75) is 26.5 Å². The van der Waals surface area contributed by atoms with Gasteiger partial charge in [-0.1, -0.05) is 54.1 Å². The van der Waals surface area contributed by atoms with Crippen LogP contribution in [0.3, 0.4) is 0 Å². The molecule has 3 aromatic rings. The Kier molecular flexibility index (Phi) is 7.14. The average molecular weight is 410 g/mol. The molecule has 0 heterocycles. The lowest BCUT2D eigenvalue weighted by atomic mass is 10.2. The molecule has 1 N–H and O–H groups in total. The minimum absolute atomic E-state index is 0.144. The molecule has 0 aromatic heterocycles. The fourth-order valence-electron chi connectivity index (χ4n) is 2.79. The van der Waals surface area contributed by atoms with Gasteiger partial charge in [-0.3, -0.25) is 4.79 Å². The summed E-state index contributed by atoms with van der Waals surface area (Å²) in [6.45, 7) is 4.63. The number of para-hydroxylation sites is 1. The predicted octanol–water partition coefficient (Wildman–Crippen LogP) is 5.42. The van der Waals surface area contributed by atoms with Crippen molar-refractivity contribution < 1.29 is 14.3 Å². The van der Waals surface area contributed by atoms with Crippen LogP contribution in [0.5, 0.6) is 11.5 Å². The van der Waals surface area contributed by atoms with Gasteiger partial charge in [0.2, 0.25) is 0 Å². The van der Waals surface area contributed by atoms with Crippen LogP contribution in [-0.2, 0) is 6.61 Å². The summed E-state index contributed by atoms with van der Waals surface area (Å²) < 4.78 is 11.6. The Labute approximate surface area is 176 Å². The number of amides is 1. The first kappa shape index (κ1) is 20.7. The molecule has 4 nitrogen and oxygen atoms in total. The van der Waals surface area contributed by atoms with E-state index in [0.29, 0.717) is 29.5 Å². The molecule has 0 radical (unpaired) electrons. The number of ether oxygens (including phenoxy) is 2. The molecule has 1 unspecified atom stereocenters. The normalized spacial score (nSPS) is 11.6. The lowest BCUT2D eigenvalue weighted by Crippen LogP contribution is -2.36. The Hall–Kier alpha value is -2.98. The molecule has 5 heteroatoms. The fraction of sp³-hybridized carbons (Fsp3) is 0.208. The molecule has 0 aliphatic heterocycles. The Morgan fingerprint density at radius 2 is 1.76 bits per heavy atom. The van der Waals surface area contributed by atoms with Gasteiger partial charge in [-0.25, -0.2) is 0 Å². The molecule has 1 amide bonds. The lowest BCUT2D eigenvalue weighted by Gasteiger charge is -2.16. The highest BCUT2D eigenvalue weighted by Crippen LogP contribution is 2.20. The molecule has 3 aromatic carbocycles. The van der Waals surface area contributed by atoms with E-state index in [-0.39, 0.29) is 11.9 Å². The zero-order valence-electron chi connectivity index (χ0n) is 16.5. The van der Waals surface area contributed by atoms with Gasteiger partial charge >= 0.3 is 0 Å². The van der Waals surface area contributed by atoms with E-state index in [4.69, 9.17) is 21.1 Å². The Balaban J connectivity index is 1.54. The van der Waals surface area contributed by atoms with Gasteiger partial charge in [0.05, 0.1) is 6.04 Å². The van der Waals surface area contributed by atoms with Crippen molar-refractivity contribution in [1.29, 1.82) is 0 Å². The van der Waals surface area contributed by atoms with Gasteiger partial charge in [0, 0.05) is 16.1 Å². The molecule has 0 bridgehead atoms. The highest BCUT2D eigenvalue weighted by atomic mass is 35.5. The number of hydrogen-bond acceptors (Lipinski definition) is 3. The van der Waals surface area contributed by atoms with Gasteiger partial charge < -0.3 is 14.8 Å². The molecule has 0 fully saturated rings. The number of benzene rings is 3. The van der Waals surface area contributed by atoms with Crippen LogP contribution in [0, 0.1) is 6.92 Å². The molecule has 150 valence electrons. The number of halogens is 1. The van der Waals surface area contributed by atoms with Gasteiger partial charge in [-0.2, -0.15) is 0 Å². The first-order chi connectivity index (χ1) is 14.0. The van der Waals surface area contributed by atoms with Crippen LogP contribution in [0.15, 0.2) is 72.8 Å². The number of hydrogen-bond donors (Lipinski definition) is 1. The average Bonchev–Trinajstić information content (AvgIpc) is 2.73. The quantitative estimate of drug-likeness (QED) is 0.540. The summed E-state index contributed by atoms with van der Waals surface area (Å²) in [5.41, 5.74) is 2.49. The molecule has 0 aliphatic rings. The molecule has 0 aliphatic carbocycles. The standard InChI is InChI=1S/C24H24ClNO3/c1-17-8-3-6-13-23(17)29-15-18(2)26-24(27)19-10-7-11-21(14-19)28-16-20-9-4-5-12-22(20)25/h3-14,18H,15-16H2,1-2H3,(H,26,27). The van der Waals surface area contributed by atoms with E-state index < -0.39 is 0 Å². The van der Waals surface area contributed by atoms with Crippen molar-refractivity contribution in [2.75, 3.05) is 6.61 Å². The second-order valence-corrected chi connectivity index (χ2v) is 7.27. The Morgan fingerprint density at radius 1 is 1.00 bits per heavy atom. The molecule has 0 saturated carbocycles. The lowest BCUT2D eigenvalue weighted by molar-refractivity contribution is 0.0926. The van der Waals surface area contributed by atoms with Crippen molar-refractivity contribution in [2.24, 2.45) is 0 Å². The van der Waals surface area contributed by atoms with E-state index >= 15 is 0 Å². The van der Waals surface area contributed by atoms with E-state index in [1.54, 1.807) is 18.2 Å². The summed E-state index contributed by atoms with van der Waals surface area (Å²) in [5.74, 6) is 1.26. The first-order valence-electron chi connectivity index (χ1n) is 9.48. The number of carbonyl (C=O) groups is 1. The first-order valence-corrected chi connectivity index (χ1v) is 9.86. The maximum atomic E-state index is 12.6. The van der Waals surface area contributed by atoms with Crippen molar-refractivity contribution in [3.8, 4) is 11.5 Å². The third-order valence-electron chi connectivity index (χ3n) is 4.41. The summed E-state index contributed by atoms with van der Waals surface area (Å²) in [7, 11) is 0. The van der Waals surface area contributed by atoms with E-state index in [1.807, 2.05) is 68.4 Å². The van der Waals surface area contributed by atoms with Crippen LogP contribution < -0.4 is 14.8 Å². The smallest absolute Gasteiger partial charge is 0.251 e. The van der Waals surface area contributed by atoms with Gasteiger partial charge in [0.15, 0.2) is 0 Å². The maximum Gasteiger partial charge on any atom is 0.251 e. The minimum Gasteiger partial charge on any atom is -0.491 e. The zero-order chi connectivity index (χ0) is 20.6. The third-order valence-corrected chi connectivity index (χ3v) is 4.78. The van der Waals surface area contributed by atoms with E-state index in [1.165, 1.54) is 0 Å². The third kappa shape index (κ3) is 6.00. The van der Waals surface area contributed by atoms with E-state index in [2.05, 4.69) is 5.32 Å². The molecule has 0 saturated heterocycles.